The molecule has 0 spiro atoms. The van der Waals surface area contributed by atoms with Crippen LogP contribution in [0.3, 0.4) is 0 Å². The van der Waals surface area contributed by atoms with Crippen molar-refractivity contribution in [3.8, 4) is 0 Å². The van der Waals surface area contributed by atoms with E-state index in [4.69, 9.17) is 0 Å². The normalized spacial score (nSPS) is 11.3. The largest absolute Gasteiger partial charge is 0.385 e. The Morgan fingerprint density at radius 1 is 1.24 bits per heavy atom. The molecule has 1 aromatic carbocycles. The average molecular weight is 233 g/mol. The van der Waals surface area contributed by atoms with Gasteiger partial charge in [0, 0.05) is 18.7 Å². The third-order valence-corrected chi connectivity index (χ3v) is 2.76. The van der Waals surface area contributed by atoms with Crippen molar-refractivity contribution in [3.05, 3.63) is 29.8 Å². The van der Waals surface area contributed by atoms with Gasteiger partial charge in [-0.25, -0.2) is 0 Å². The molecule has 0 heterocycles. The molecule has 0 amide bonds. The molecule has 0 aliphatic rings. The lowest BCUT2D eigenvalue weighted by Gasteiger charge is -2.23. The molecule has 0 aliphatic carbocycles. The number of para-hydroxylation sites is 1. The van der Waals surface area contributed by atoms with E-state index in [1.54, 1.807) is 6.92 Å². The van der Waals surface area contributed by atoms with Crippen LogP contribution in [-0.4, -0.2) is 12.3 Å². The summed E-state index contributed by atoms with van der Waals surface area (Å²) in [6, 6.07) is 8.38. The van der Waals surface area contributed by atoms with Gasteiger partial charge in [0.25, 0.3) is 0 Å². The number of ketones is 1. The highest BCUT2D eigenvalue weighted by Gasteiger charge is 2.16. The van der Waals surface area contributed by atoms with Gasteiger partial charge in [0.2, 0.25) is 0 Å². The van der Waals surface area contributed by atoms with E-state index in [1.807, 2.05) is 6.07 Å². The van der Waals surface area contributed by atoms with Gasteiger partial charge in [0.05, 0.1) is 0 Å². The number of hydrogen-bond acceptors (Lipinski definition) is 2. The maximum Gasteiger partial charge on any atom is 0.129 e. The molecule has 0 saturated carbocycles. The van der Waals surface area contributed by atoms with E-state index in [9.17, 15) is 4.79 Å². The maximum atomic E-state index is 10.9. The lowest BCUT2D eigenvalue weighted by Crippen LogP contribution is -2.15. The number of anilines is 1. The highest BCUT2D eigenvalue weighted by atomic mass is 16.1. The van der Waals surface area contributed by atoms with E-state index in [0.29, 0.717) is 6.42 Å². The van der Waals surface area contributed by atoms with Crippen molar-refractivity contribution in [1.82, 2.24) is 0 Å². The fourth-order valence-electron chi connectivity index (χ4n) is 1.85. The first-order valence-corrected chi connectivity index (χ1v) is 6.24. The third kappa shape index (κ3) is 4.59. The lowest BCUT2D eigenvalue weighted by molar-refractivity contribution is -0.117. The van der Waals surface area contributed by atoms with Crippen molar-refractivity contribution in [1.29, 1.82) is 0 Å². The van der Waals surface area contributed by atoms with Crippen molar-refractivity contribution < 1.29 is 4.79 Å². The van der Waals surface area contributed by atoms with Gasteiger partial charge in [-0.2, -0.15) is 0 Å². The fourth-order valence-corrected chi connectivity index (χ4v) is 1.85. The first kappa shape index (κ1) is 13.8. The van der Waals surface area contributed by atoms with E-state index in [2.05, 4.69) is 44.3 Å². The first-order chi connectivity index (χ1) is 7.91. The number of benzene rings is 1. The second-order valence-electron chi connectivity index (χ2n) is 5.53. The summed E-state index contributed by atoms with van der Waals surface area (Å²) in [5.74, 6) is 0.260. The number of carbonyl (C=O) groups is 1. The van der Waals surface area contributed by atoms with Gasteiger partial charge in [-0.15, -0.1) is 0 Å². The molecule has 94 valence electrons. The number of hydrogen-bond donors (Lipinski definition) is 1. The fraction of sp³-hybridized carbons (Fsp3) is 0.533. The van der Waals surface area contributed by atoms with Crippen molar-refractivity contribution in [2.45, 2.75) is 46.0 Å². The molecule has 0 aliphatic heterocycles. The third-order valence-electron chi connectivity index (χ3n) is 2.76. The Morgan fingerprint density at radius 2 is 1.88 bits per heavy atom. The molecule has 1 rings (SSSR count). The summed E-state index contributed by atoms with van der Waals surface area (Å²) in [6.07, 6.45) is 1.55. The van der Waals surface area contributed by atoms with Crippen LogP contribution in [0, 0.1) is 0 Å². The van der Waals surface area contributed by atoms with Crippen LogP contribution in [-0.2, 0) is 10.2 Å². The number of nitrogens with one attached hydrogen (secondary N) is 1. The molecule has 0 aromatic heterocycles. The van der Waals surface area contributed by atoms with E-state index in [1.165, 1.54) is 11.3 Å². The molecule has 17 heavy (non-hydrogen) atoms. The molecule has 0 bridgehead atoms. The van der Waals surface area contributed by atoms with E-state index in [0.717, 1.165) is 13.0 Å². The van der Waals surface area contributed by atoms with Crippen LogP contribution in [0.15, 0.2) is 24.3 Å². The van der Waals surface area contributed by atoms with Crippen molar-refractivity contribution in [2.24, 2.45) is 0 Å². The zero-order chi connectivity index (χ0) is 12.9. The maximum absolute atomic E-state index is 10.9. The second kappa shape index (κ2) is 5.85. The van der Waals surface area contributed by atoms with Gasteiger partial charge in [-0.1, -0.05) is 39.0 Å². The zero-order valence-electron chi connectivity index (χ0n) is 11.3. The van der Waals surface area contributed by atoms with Crippen LogP contribution in [0.5, 0.6) is 0 Å². The summed E-state index contributed by atoms with van der Waals surface area (Å²) in [7, 11) is 0. The molecular weight excluding hydrogens is 210 g/mol. The van der Waals surface area contributed by atoms with Gasteiger partial charge >= 0.3 is 0 Å². The Hall–Kier alpha value is -1.31. The van der Waals surface area contributed by atoms with Crippen LogP contribution in [0.1, 0.15) is 46.1 Å². The van der Waals surface area contributed by atoms with Crippen LogP contribution < -0.4 is 5.32 Å². The zero-order valence-corrected chi connectivity index (χ0v) is 11.3. The van der Waals surface area contributed by atoms with Gasteiger partial charge in [0.15, 0.2) is 0 Å². The summed E-state index contributed by atoms with van der Waals surface area (Å²) >= 11 is 0. The SMILES string of the molecule is CC(=O)CCCNc1ccccc1C(C)(C)C. The Morgan fingerprint density at radius 3 is 2.47 bits per heavy atom. The molecule has 0 radical (unpaired) electrons. The van der Waals surface area contributed by atoms with E-state index in [-0.39, 0.29) is 11.2 Å². The van der Waals surface area contributed by atoms with Gasteiger partial charge in [0.1, 0.15) is 5.78 Å². The number of Topliss-reactive ketones (excluding diaryl/α,β-unsaturated/α-hetero) is 1. The summed E-state index contributed by atoms with van der Waals surface area (Å²) < 4.78 is 0. The van der Waals surface area contributed by atoms with E-state index >= 15 is 0 Å². The molecular formula is C15H23NO. The van der Waals surface area contributed by atoms with Crippen LogP contribution in [0.25, 0.3) is 0 Å². The van der Waals surface area contributed by atoms with Gasteiger partial charge < -0.3 is 10.1 Å². The van der Waals surface area contributed by atoms with Crippen molar-refractivity contribution in [3.63, 3.8) is 0 Å². The molecule has 1 aromatic rings. The first-order valence-electron chi connectivity index (χ1n) is 6.24. The summed E-state index contributed by atoms with van der Waals surface area (Å²) in [5.41, 5.74) is 2.65. The Balaban J connectivity index is 2.62. The average Bonchev–Trinajstić information content (AvgIpc) is 2.23. The van der Waals surface area contributed by atoms with Crippen LogP contribution in [0.4, 0.5) is 5.69 Å². The number of carbonyl (C=O) groups excluding carboxylic acids is 1. The smallest absolute Gasteiger partial charge is 0.129 e. The summed E-state index contributed by atoms with van der Waals surface area (Å²) in [4.78, 5) is 10.9. The molecule has 0 fully saturated rings. The second-order valence-corrected chi connectivity index (χ2v) is 5.53. The molecule has 1 N–H and O–H groups in total. The minimum absolute atomic E-state index is 0.143. The Labute approximate surface area is 104 Å². The quantitative estimate of drug-likeness (QED) is 0.784. The summed E-state index contributed by atoms with van der Waals surface area (Å²) in [5, 5.41) is 3.42. The van der Waals surface area contributed by atoms with Crippen molar-refractivity contribution in [2.75, 3.05) is 11.9 Å². The van der Waals surface area contributed by atoms with Gasteiger partial charge in [-0.3, -0.25) is 0 Å². The van der Waals surface area contributed by atoms with E-state index < -0.39 is 0 Å². The lowest BCUT2D eigenvalue weighted by atomic mass is 9.86. The molecule has 2 heteroatoms. The highest BCUT2D eigenvalue weighted by molar-refractivity contribution is 5.75. The Bertz CT molecular complexity index is 377. The van der Waals surface area contributed by atoms with Crippen LogP contribution >= 0.6 is 0 Å². The summed E-state index contributed by atoms with van der Waals surface area (Å²) in [6.45, 7) is 9.13. The number of rotatable bonds is 5. The van der Waals surface area contributed by atoms with Crippen LogP contribution in [0.2, 0.25) is 0 Å². The minimum atomic E-state index is 0.143. The molecule has 0 atom stereocenters. The monoisotopic (exact) mass is 233 g/mol. The van der Waals surface area contributed by atoms with Crippen molar-refractivity contribution >= 4 is 11.5 Å². The predicted molar refractivity (Wildman–Crippen MR) is 73.5 cm³/mol. The standard InChI is InChI=1S/C15H23NO/c1-12(17)8-7-11-16-14-10-6-5-9-13(14)15(2,3)4/h5-6,9-10,16H,7-8,11H2,1-4H3. The molecule has 2 nitrogen and oxygen atoms in total. The molecule has 0 saturated heterocycles. The van der Waals surface area contributed by atoms with Gasteiger partial charge in [-0.05, 0) is 30.4 Å². The molecule has 0 unspecified atom stereocenters. The topological polar surface area (TPSA) is 29.1 Å². The predicted octanol–water partition coefficient (Wildman–Crippen LogP) is 3.77. The Kier molecular flexibility index (Phi) is 4.73. The minimum Gasteiger partial charge on any atom is -0.385 e. The highest BCUT2D eigenvalue weighted by Crippen LogP contribution is 2.29.